The van der Waals surface area contributed by atoms with E-state index in [2.05, 4.69) is 4.74 Å². The van der Waals surface area contributed by atoms with Crippen molar-refractivity contribution in [1.29, 1.82) is 0 Å². The minimum absolute atomic E-state index is 0.184. The zero-order valence-electron chi connectivity index (χ0n) is 9.99. The molecule has 8 heteroatoms. The summed E-state index contributed by atoms with van der Waals surface area (Å²) < 4.78 is 4.85. The number of hydrogen-bond acceptors (Lipinski definition) is 6. The highest BCUT2D eigenvalue weighted by Crippen LogP contribution is 2.30. The van der Waals surface area contributed by atoms with Gasteiger partial charge in [-0.15, -0.1) is 0 Å². The van der Waals surface area contributed by atoms with Gasteiger partial charge in [-0.1, -0.05) is 30.1 Å². The largest absolute Gasteiger partial charge is 0.480 e. The third-order valence-electron chi connectivity index (χ3n) is 1.93. The second-order valence-electron chi connectivity index (χ2n) is 3.30. The maximum absolute atomic E-state index is 11.8. The van der Waals surface area contributed by atoms with E-state index in [9.17, 15) is 14.4 Å². The number of hydrogen-bond donors (Lipinski definition) is 1. The van der Waals surface area contributed by atoms with E-state index in [-0.39, 0.29) is 15.8 Å². The molecular weight excluding hydrogens is 290 g/mol. The Morgan fingerprint density at radius 2 is 2.21 bits per heavy atom. The molecule has 0 aromatic rings. The Kier molecular flexibility index (Phi) is 5.71. The van der Waals surface area contributed by atoms with Crippen molar-refractivity contribution in [2.75, 3.05) is 13.2 Å². The highest BCUT2D eigenvalue weighted by molar-refractivity contribution is 8.26. The minimum atomic E-state index is -1.14. The summed E-state index contributed by atoms with van der Waals surface area (Å²) in [5, 5.41) is 8.65. The molecule has 6 nitrogen and oxygen atoms in total. The Hall–Kier alpha value is -1.67. The first-order valence-corrected chi connectivity index (χ1v) is 6.48. The molecule has 1 amide bonds. The van der Waals surface area contributed by atoms with Crippen LogP contribution in [0.4, 0.5) is 0 Å². The maximum atomic E-state index is 11.8. The number of carboxylic acids is 1. The number of thiocarbonyl (C=S) groups is 1. The number of aliphatic carboxylic acids is 1. The molecule has 1 saturated heterocycles. The van der Waals surface area contributed by atoms with Crippen LogP contribution in [-0.2, 0) is 19.1 Å². The second kappa shape index (κ2) is 7.05. The van der Waals surface area contributed by atoms with Crippen LogP contribution in [0.5, 0.6) is 0 Å². The fourth-order valence-electron chi connectivity index (χ4n) is 1.19. The van der Waals surface area contributed by atoms with Gasteiger partial charge in [-0.05, 0) is 13.0 Å². The number of nitrogens with zero attached hydrogens (tertiary/aromatic N) is 1. The molecule has 0 aromatic carbocycles. The van der Waals surface area contributed by atoms with Crippen molar-refractivity contribution in [3.63, 3.8) is 0 Å². The molecule has 1 heterocycles. The van der Waals surface area contributed by atoms with Gasteiger partial charge in [0.05, 0.1) is 11.5 Å². The van der Waals surface area contributed by atoms with E-state index in [0.29, 0.717) is 0 Å². The third-order valence-corrected chi connectivity index (χ3v) is 3.33. The maximum Gasteiger partial charge on any atom is 0.330 e. The Balaban J connectivity index is 2.71. The number of rotatable bonds is 5. The summed E-state index contributed by atoms with van der Waals surface area (Å²) in [5.74, 6) is -2.13. The SMILES string of the molecule is CCOC(=O)C=CC=C1SC(=S)N(CC(=O)O)C1=O. The average molecular weight is 301 g/mol. The molecule has 1 aliphatic rings. The van der Waals surface area contributed by atoms with Gasteiger partial charge < -0.3 is 9.84 Å². The van der Waals surface area contributed by atoms with Gasteiger partial charge >= 0.3 is 11.9 Å². The van der Waals surface area contributed by atoms with Gasteiger partial charge in [-0.2, -0.15) is 0 Å². The summed E-state index contributed by atoms with van der Waals surface area (Å²) in [6, 6.07) is 0. The smallest absolute Gasteiger partial charge is 0.330 e. The minimum Gasteiger partial charge on any atom is -0.480 e. The fraction of sp³-hybridized carbons (Fsp3) is 0.273. The van der Waals surface area contributed by atoms with E-state index >= 15 is 0 Å². The first kappa shape index (κ1) is 15.4. The molecular formula is C11H11NO5S2. The van der Waals surface area contributed by atoms with Crippen molar-refractivity contribution < 1.29 is 24.2 Å². The first-order valence-electron chi connectivity index (χ1n) is 5.26. The number of carbonyl (C=O) groups excluding carboxylic acids is 2. The first-order chi connectivity index (χ1) is 8.95. The summed E-state index contributed by atoms with van der Waals surface area (Å²) in [4.78, 5) is 34.7. The van der Waals surface area contributed by atoms with E-state index in [1.165, 1.54) is 18.2 Å². The van der Waals surface area contributed by atoms with Crippen molar-refractivity contribution in [2.45, 2.75) is 6.92 Å². The molecule has 0 unspecified atom stereocenters. The Bertz CT molecular complexity index is 483. The molecule has 0 atom stereocenters. The highest BCUT2D eigenvalue weighted by Gasteiger charge is 2.32. The number of ether oxygens (including phenoxy) is 1. The summed E-state index contributed by atoms with van der Waals surface area (Å²) in [6.45, 7) is 1.48. The molecule has 0 saturated carbocycles. The number of allylic oxidation sites excluding steroid dienone is 2. The predicted molar refractivity (Wildman–Crippen MR) is 73.4 cm³/mol. The predicted octanol–water partition coefficient (Wildman–Crippen LogP) is 0.935. The van der Waals surface area contributed by atoms with Crippen LogP contribution >= 0.6 is 24.0 Å². The average Bonchev–Trinajstić information content (AvgIpc) is 2.57. The van der Waals surface area contributed by atoms with Gasteiger partial charge in [0.1, 0.15) is 10.9 Å². The molecule has 1 aliphatic heterocycles. The zero-order chi connectivity index (χ0) is 14.4. The molecule has 1 fully saturated rings. The van der Waals surface area contributed by atoms with Crippen LogP contribution in [0.2, 0.25) is 0 Å². The molecule has 0 radical (unpaired) electrons. The molecule has 1 N–H and O–H groups in total. The molecule has 19 heavy (non-hydrogen) atoms. The van der Waals surface area contributed by atoms with Gasteiger partial charge in [0.15, 0.2) is 0 Å². The van der Waals surface area contributed by atoms with Gasteiger partial charge in [0.2, 0.25) is 0 Å². The monoisotopic (exact) mass is 301 g/mol. The number of esters is 1. The molecule has 0 aromatic heterocycles. The van der Waals surface area contributed by atoms with Crippen molar-refractivity contribution in [2.24, 2.45) is 0 Å². The van der Waals surface area contributed by atoms with Gasteiger partial charge in [0.25, 0.3) is 5.91 Å². The van der Waals surface area contributed by atoms with E-state index in [4.69, 9.17) is 17.3 Å². The van der Waals surface area contributed by atoms with Crippen LogP contribution < -0.4 is 0 Å². The van der Waals surface area contributed by atoms with E-state index in [1.807, 2.05) is 0 Å². The number of amides is 1. The summed E-state index contributed by atoms with van der Waals surface area (Å²) in [6.07, 6.45) is 3.94. The van der Waals surface area contributed by atoms with Crippen molar-refractivity contribution >= 4 is 46.1 Å². The van der Waals surface area contributed by atoms with Crippen molar-refractivity contribution in [1.82, 2.24) is 4.90 Å². The lowest BCUT2D eigenvalue weighted by molar-refractivity contribution is -0.140. The van der Waals surface area contributed by atoms with Crippen LogP contribution in [0.15, 0.2) is 23.1 Å². The van der Waals surface area contributed by atoms with Crippen LogP contribution in [0.3, 0.4) is 0 Å². The Morgan fingerprint density at radius 3 is 2.79 bits per heavy atom. The lowest BCUT2D eigenvalue weighted by atomic mass is 10.4. The van der Waals surface area contributed by atoms with Crippen LogP contribution in [0.1, 0.15) is 6.92 Å². The molecule has 0 aliphatic carbocycles. The van der Waals surface area contributed by atoms with Crippen LogP contribution in [0.25, 0.3) is 0 Å². The highest BCUT2D eigenvalue weighted by atomic mass is 32.2. The molecule has 102 valence electrons. The number of carbonyl (C=O) groups is 3. The topological polar surface area (TPSA) is 83.9 Å². The Labute approximate surface area is 119 Å². The number of thioether (sulfide) groups is 1. The molecule has 1 rings (SSSR count). The quantitative estimate of drug-likeness (QED) is 0.459. The van der Waals surface area contributed by atoms with E-state index in [0.717, 1.165) is 16.7 Å². The summed E-state index contributed by atoms with van der Waals surface area (Å²) in [7, 11) is 0. The van der Waals surface area contributed by atoms with Crippen molar-refractivity contribution in [3.8, 4) is 0 Å². The summed E-state index contributed by atoms with van der Waals surface area (Å²) in [5.41, 5.74) is 0. The van der Waals surface area contributed by atoms with Crippen LogP contribution in [0, 0.1) is 0 Å². The zero-order valence-corrected chi connectivity index (χ0v) is 11.6. The van der Waals surface area contributed by atoms with E-state index in [1.54, 1.807) is 6.92 Å². The summed E-state index contributed by atoms with van der Waals surface area (Å²) >= 11 is 5.90. The molecule has 0 spiro atoms. The normalized spacial score (nSPS) is 17.5. The lowest BCUT2D eigenvalue weighted by Gasteiger charge is -2.09. The lowest BCUT2D eigenvalue weighted by Crippen LogP contribution is -2.33. The van der Waals surface area contributed by atoms with Crippen LogP contribution in [-0.4, -0.2) is 45.3 Å². The second-order valence-corrected chi connectivity index (χ2v) is 4.97. The van der Waals surface area contributed by atoms with E-state index < -0.39 is 24.4 Å². The van der Waals surface area contributed by atoms with Gasteiger partial charge in [-0.3, -0.25) is 14.5 Å². The van der Waals surface area contributed by atoms with Gasteiger partial charge in [-0.25, -0.2) is 4.79 Å². The van der Waals surface area contributed by atoms with Crippen molar-refractivity contribution in [3.05, 3.63) is 23.1 Å². The fourth-order valence-corrected chi connectivity index (χ4v) is 2.40. The van der Waals surface area contributed by atoms with Gasteiger partial charge in [0, 0.05) is 6.08 Å². The number of carboxylic acid groups (broad SMARTS) is 1. The molecule has 0 bridgehead atoms. The Morgan fingerprint density at radius 1 is 1.53 bits per heavy atom. The third kappa shape index (κ3) is 4.49. The standard InChI is InChI=1S/C11H11NO5S2/c1-2-17-9(15)5-3-4-7-10(16)12(6-8(13)14)11(18)19-7/h3-5H,2,6H2,1H3,(H,13,14).